The number of fused-ring (bicyclic) bond motifs is 1. The Kier molecular flexibility index (Phi) is 3.80. The molecule has 0 unspecified atom stereocenters. The van der Waals surface area contributed by atoms with Gasteiger partial charge in [-0.15, -0.1) is 0 Å². The van der Waals surface area contributed by atoms with Crippen LogP contribution in [0.5, 0.6) is 11.5 Å². The van der Waals surface area contributed by atoms with E-state index in [4.69, 9.17) is 16.3 Å². The molecule has 110 valence electrons. The summed E-state index contributed by atoms with van der Waals surface area (Å²) in [5, 5.41) is 2.53. The van der Waals surface area contributed by atoms with E-state index in [1.807, 2.05) is 0 Å². The lowest BCUT2D eigenvalue weighted by Gasteiger charge is -2.09. The van der Waals surface area contributed by atoms with Crippen LogP contribution in [-0.2, 0) is 4.79 Å². The van der Waals surface area contributed by atoms with Crippen LogP contribution >= 0.6 is 11.6 Å². The standard InChI is InChI=1S/C14H8ClFN4O2/c15-12-6-18-14-13(20-12)11(3-4-17-14)22-10-2-1-8(19-7-21)5-9(10)16/h1-7H,(H,19,21). The summed E-state index contributed by atoms with van der Waals surface area (Å²) in [6.07, 6.45) is 3.30. The molecule has 0 saturated heterocycles. The number of rotatable bonds is 4. The van der Waals surface area contributed by atoms with Gasteiger partial charge in [0.1, 0.15) is 5.15 Å². The number of nitrogens with zero attached hydrogens (tertiary/aromatic N) is 3. The summed E-state index contributed by atoms with van der Waals surface area (Å²) < 4.78 is 19.5. The van der Waals surface area contributed by atoms with Gasteiger partial charge in [0.25, 0.3) is 0 Å². The second-order valence-corrected chi connectivity index (χ2v) is 4.57. The maximum Gasteiger partial charge on any atom is 0.211 e. The average Bonchev–Trinajstić information content (AvgIpc) is 2.51. The van der Waals surface area contributed by atoms with Gasteiger partial charge in [0.05, 0.1) is 6.20 Å². The SMILES string of the molecule is O=CNc1ccc(Oc2ccnc3ncc(Cl)nc23)c(F)c1. The van der Waals surface area contributed by atoms with Crippen LogP contribution in [0.3, 0.4) is 0 Å². The summed E-state index contributed by atoms with van der Waals surface area (Å²) in [6, 6.07) is 5.58. The van der Waals surface area contributed by atoms with Crippen molar-refractivity contribution in [3.8, 4) is 11.5 Å². The van der Waals surface area contributed by atoms with Crippen molar-refractivity contribution in [1.82, 2.24) is 15.0 Å². The Hall–Kier alpha value is -2.80. The molecule has 1 N–H and O–H groups in total. The van der Waals surface area contributed by atoms with Crippen molar-refractivity contribution in [2.45, 2.75) is 0 Å². The highest BCUT2D eigenvalue weighted by Crippen LogP contribution is 2.30. The number of aromatic nitrogens is 3. The zero-order valence-electron chi connectivity index (χ0n) is 11.0. The molecule has 0 spiro atoms. The molecular weight excluding hydrogens is 311 g/mol. The molecule has 0 atom stereocenters. The molecule has 0 aliphatic rings. The Balaban J connectivity index is 1.99. The van der Waals surface area contributed by atoms with E-state index in [9.17, 15) is 9.18 Å². The number of hydrogen-bond acceptors (Lipinski definition) is 5. The molecule has 0 radical (unpaired) electrons. The number of halogens is 2. The Morgan fingerprint density at radius 1 is 1.23 bits per heavy atom. The highest BCUT2D eigenvalue weighted by Gasteiger charge is 2.11. The summed E-state index contributed by atoms with van der Waals surface area (Å²) in [5.41, 5.74) is 0.980. The molecule has 1 amide bonds. The first kappa shape index (κ1) is 14.2. The maximum absolute atomic E-state index is 14.0. The normalized spacial score (nSPS) is 10.5. The fourth-order valence-corrected chi connectivity index (χ4v) is 1.95. The van der Waals surface area contributed by atoms with Crippen LogP contribution in [0.2, 0.25) is 5.15 Å². The Bertz CT molecular complexity index is 859. The van der Waals surface area contributed by atoms with Gasteiger partial charge in [0.15, 0.2) is 28.5 Å². The number of ether oxygens (including phenoxy) is 1. The van der Waals surface area contributed by atoms with Gasteiger partial charge in [0, 0.05) is 24.0 Å². The van der Waals surface area contributed by atoms with E-state index in [1.165, 1.54) is 30.6 Å². The minimum absolute atomic E-state index is 0.0225. The predicted molar refractivity (Wildman–Crippen MR) is 78.5 cm³/mol. The van der Waals surface area contributed by atoms with Crippen LogP contribution in [0.1, 0.15) is 0 Å². The summed E-state index contributed by atoms with van der Waals surface area (Å²) in [6.45, 7) is 0. The molecule has 3 rings (SSSR count). The third-order valence-electron chi connectivity index (χ3n) is 2.76. The van der Waals surface area contributed by atoms with Crippen molar-refractivity contribution in [3.05, 3.63) is 47.6 Å². The first-order chi connectivity index (χ1) is 10.7. The van der Waals surface area contributed by atoms with E-state index in [0.717, 1.165) is 6.07 Å². The number of amides is 1. The Morgan fingerprint density at radius 2 is 2.09 bits per heavy atom. The van der Waals surface area contributed by atoms with Crippen molar-refractivity contribution in [2.75, 3.05) is 5.32 Å². The van der Waals surface area contributed by atoms with E-state index in [1.54, 1.807) is 0 Å². The van der Waals surface area contributed by atoms with E-state index in [-0.39, 0.29) is 16.7 Å². The molecule has 22 heavy (non-hydrogen) atoms. The summed E-state index contributed by atoms with van der Waals surface area (Å²) >= 11 is 5.81. The highest BCUT2D eigenvalue weighted by molar-refractivity contribution is 6.29. The average molecular weight is 319 g/mol. The van der Waals surface area contributed by atoms with Crippen LogP contribution in [0.25, 0.3) is 11.2 Å². The van der Waals surface area contributed by atoms with Crippen molar-refractivity contribution >= 4 is 34.9 Å². The van der Waals surface area contributed by atoms with Crippen LogP contribution in [0, 0.1) is 5.82 Å². The Morgan fingerprint density at radius 3 is 2.86 bits per heavy atom. The number of carbonyl (C=O) groups is 1. The topological polar surface area (TPSA) is 77.0 Å². The van der Waals surface area contributed by atoms with Crippen LogP contribution in [-0.4, -0.2) is 21.4 Å². The summed E-state index contributed by atoms with van der Waals surface area (Å²) in [5.74, 6) is -0.382. The van der Waals surface area contributed by atoms with Gasteiger partial charge in [-0.25, -0.2) is 19.3 Å². The maximum atomic E-state index is 14.0. The van der Waals surface area contributed by atoms with Crippen molar-refractivity contribution in [2.24, 2.45) is 0 Å². The predicted octanol–water partition coefficient (Wildman–Crippen LogP) is 3.18. The number of benzene rings is 1. The number of carbonyl (C=O) groups excluding carboxylic acids is 1. The molecule has 6 nitrogen and oxygen atoms in total. The molecule has 2 aromatic heterocycles. The summed E-state index contributed by atoms with van der Waals surface area (Å²) in [4.78, 5) is 22.5. The lowest BCUT2D eigenvalue weighted by atomic mass is 10.3. The van der Waals surface area contributed by atoms with Gasteiger partial charge >= 0.3 is 0 Å². The van der Waals surface area contributed by atoms with Gasteiger partial charge < -0.3 is 10.1 Å². The highest BCUT2D eigenvalue weighted by atomic mass is 35.5. The van der Waals surface area contributed by atoms with Crippen molar-refractivity contribution in [3.63, 3.8) is 0 Å². The van der Waals surface area contributed by atoms with Gasteiger partial charge in [-0.3, -0.25) is 4.79 Å². The molecule has 0 aliphatic carbocycles. The number of anilines is 1. The van der Waals surface area contributed by atoms with Crippen LogP contribution in [0.15, 0.2) is 36.7 Å². The molecule has 0 aliphatic heterocycles. The molecule has 1 aromatic carbocycles. The van der Waals surface area contributed by atoms with Gasteiger partial charge in [-0.1, -0.05) is 11.6 Å². The van der Waals surface area contributed by atoms with Crippen LogP contribution < -0.4 is 10.1 Å². The van der Waals surface area contributed by atoms with Gasteiger partial charge in [0.2, 0.25) is 6.41 Å². The molecular formula is C14H8ClFN4O2. The van der Waals surface area contributed by atoms with Gasteiger partial charge in [-0.2, -0.15) is 0 Å². The molecule has 0 bridgehead atoms. The van der Waals surface area contributed by atoms with E-state index < -0.39 is 5.82 Å². The summed E-state index contributed by atoms with van der Waals surface area (Å²) in [7, 11) is 0. The fraction of sp³-hybridized carbons (Fsp3) is 0. The lowest BCUT2D eigenvalue weighted by Crippen LogP contribution is -1.97. The third-order valence-corrected chi connectivity index (χ3v) is 2.94. The smallest absolute Gasteiger partial charge is 0.211 e. The van der Waals surface area contributed by atoms with E-state index in [0.29, 0.717) is 23.3 Å². The van der Waals surface area contributed by atoms with Gasteiger partial charge in [-0.05, 0) is 12.1 Å². The zero-order chi connectivity index (χ0) is 15.5. The minimum atomic E-state index is -0.633. The quantitative estimate of drug-likeness (QED) is 0.748. The molecule has 0 fully saturated rings. The first-order valence-electron chi connectivity index (χ1n) is 6.12. The molecule has 2 heterocycles. The zero-order valence-corrected chi connectivity index (χ0v) is 11.7. The largest absolute Gasteiger partial charge is 0.452 e. The first-order valence-corrected chi connectivity index (χ1v) is 6.50. The second kappa shape index (κ2) is 5.90. The Labute approximate surface area is 128 Å². The second-order valence-electron chi connectivity index (χ2n) is 4.18. The molecule has 3 aromatic rings. The lowest BCUT2D eigenvalue weighted by molar-refractivity contribution is -0.105. The van der Waals surface area contributed by atoms with Crippen LogP contribution in [0.4, 0.5) is 10.1 Å². The number of hydrogen-bond donors (Lipinski definition) is 1. The molecule has 8 heteroatoms. The van der Waals surface area contributed by atoms with Crippen molar-refractivity contribution in [1.29, 1.82) is 0 Å². The van der Waals surface area contributed by atoms with E-state index >= 15 is 0 Å². The number of pyridine rings is 1. The molecule has 0 saturated carbocycles. The monoisotopic (exact) mass is 318 g/mol. The minimum Gasteiger partial charge on any atom is -0.452 e. The fourth-order valence-electron chi connectivity index (χ4n) is 1.82. The van der Waals surface area contributed by atoms with E-state index in [2.05, 4.69) is 20.3 Å². The van der Waals surface area contributed by atoms with Crippen molar-refractivity contribution < 1.29 is 13.9 Å². The third kappa shape index (κ3) is 2.79. The number of nitrogens with one attached hydrogen (secondary N) is 1.